The molecule has 0 atom stereocenters. The van der Waals surface area contributed by atoms with Crippen LogP contribution in [0.2, 0.25) is 0 Å². The van der Waals surface area contributed by atoms with Crippen molar-refractivity contribution in [3.63, 3.8) is 0 Å². The molecule has 0 bridgehead atoms. The van der Waals surface area contributed by atoms with Crippen LogP contribution in [0.4, 0.5) is 5.69 Å². The van der Waals surface area contributed by atoms with Gasteiger partial charge in [0.05, 0.1) is 5.69 Å². The summed E-state index contributed by atoms with van der Waals surface area (Å²) in [6.45, 7) is 1.98. The van der Waals surface area contributed by atoms with Crippen molar-refractivity contribution in [1.29, 1.82) is 0 Å². The van der Waals surface area contributed by atoms with Crippen molar-refractivity contribution in [2.45, 2.75) is 18.2 Å². The summed E-state index contributed by atoms with van der Waals surface area (Å²) >= 11 is 0. The Bertz CT molecular complexity index is 677. The molecule has 90 valence electrons. The first kappa shape index (κ1) is 11.9. The third-order valence-electron chi connectivity index (χ3n) is 2.77. The molecular weight excluding hydrogens is 238 g/mol. The Morgan fingerprint density at radius 1 is 1.18 bits per heavy atom. The molecule has 2 aromatic carbocycles. The van der Waals surface area contributed by atoms with Gasteiger partial charge in [-0.05, 0) is 23.4 Å². The van der Waals surface area contributed by atoms with Crippen LogP contribution in [0, 0.1) is 0 Å². The fourth-order valence-electron chi connectivity index (χ4n) is 2.01. The predicted octanol–water partition coefficient (Wildman–Crippen LogP) is 2.23. The second-order valence-corrected chi connectivity index (χ2v) is 5.18. The van der Waals surface area contributed by atoms with E-state index in [1.165, 1.54) is 6.07 Å². The third kappa shape index (κ3) is 1.99. The van der Waals surface area contributed by atoms with Gasteiger partial charge in [0.1, 0.15) is 4.90 Å². The second-order valence-electron chi connectivity index (χ2n) is 3.82. The minimum Gasteiger partial charge on any atom is -0.398 e. The number of nitrogen functional groups attached to an aromatic ring is 1. The normalized spacial score (nSPS) is 11.9. The average molecular weight is 251 g/mol. The van der Waals surface area contributed by atoms with Crippen LogP contribution in [0.15, 0.2) is 35.2 Å². The number of hydrogen-bond donors (Lipinski definition) is 2. The fourth-order valence-corrected chi connectivity index (χ4v) is 2.83. The van der Waals surface area contributed by atoms with Crippen LogP contribution in [0.5, 0.6) is 0 Å². The quantitative estimate of drug-likeness (QED) is 0.633. The van der Waals surface area contributed by atoms with Crippen LogP contribution < -0.4 is 5.73 Å². The monoisotopic (exact) mass is 251 g/mol. The van der Waals surface area contributed by atoms with Gasteiger partial charge in [-0.1, -0.05) is 31.2 Å². The third-order valence-corrected chi connectivity index (χ3v) is 3.74. The Morgan fingerprint density at radius 2 is 1.88 bits per heavy atom. The van der Waals surface area contributed by atoms with E-state index in [1.807, 2.05) is 13.0 Å². The van der Waals surface area contributed by atoms with Crippen molar-refractivity contribution >= 4 is 26.6 Å². The lowest BCUT2D eigenvalue weighted by molar-refractivity contribution is 0.484. The summed E-state index contributed by atoms with van der Waals surface area (Å²) in [5.41, 5.74) is 6.71. The van der Waals surface area contributed by atoms with Crippen molar-refractivity contribution in [2.75, 3.05) is 5.73 Å². The van der Waals surface area contributed by atoms with E-state index in [2.05, 4.69) is 0 Å². The Hall–Kier alpha value is -1.59. The molecule has 17 heavy (non-hydrogen) atoms. The Morgan fingerprint density at radius 3 is 2.47 bits per heavy atom. The molecule has 0 aliphatic rings. The van der Waals surface area contributed by atoms with Crippen molar-refractivity contribution in [3.05, 3.63) is 35.9 Å². The summed E-state index contributed by atoms with van der Waals surface area (Å²) in [6.07, 6.45) is 0.784. The Labute approximate surface area is 99.8 Å². The topological polar surface area (TPSA) is 80.4 Å². The van der Waals surface area contributed by atoms with E-state index >= 15 is 0 Å². The van der Waals surface area contributed by atoms with Gasteiger partial charge in [-0.2, -0.15) is 8.42 Å². The summed E-state index contributed by atoms with van der Waals surface area (Å²) < 4.78 is 31.9. The summed E-state index contributed by atoms with van der Waals surface area (Å²) in [5, 5.41) is 1.27. The second kappa shape index (κ2) is 4.01. The molecular formula is C12H13NO3S. The largest absolute Gasteiger partial charge is 0.398 e. The number of anilines is 1. The first-order valence-corrected chi connectivity index (χ1v) is 6.66. The van der Waals surface area contributed by atoms with E-state index in [9.17, 15) is 13.0 Å². The standard InChI is InChI=1S/C12H13NO3S/c1-2-8-4-3-5-10-9(8)6-7-11(13)12(10)17(14,15)16/h3-7H,2,13H2,1H3,(H,14,15,16). The molecule has 5 heteroatoms. The van der Waals surface area contributed by atoms with Gasteiger partial charge in [-0.15, -0.1) is 0 Å². The van der Waals surface area contributed by atoms with Crippen molar-refractivity contribution in [1.82, 2.24) is 0 Å². The highest BCUT2D eigenvalue weighted by Gasteiger charge is 2.18. The Balaban J connectivity index is 2.98. The van der Waals surface area contributed by atoms with Gasteiger partial charge >= 0.3 is 0 Å². The van der Waals surface area contributed by atoms with Crippen LogP contribution in [0.25, 0.3) is 10.8 Å². The number of aryl methyl sites for hydroxylation is 1. The SMILES string of the molecule is CCc1cccc2c(S(=O)(=O)O)c(N)ccc12. The number of hydrogen-bond acceptors (Lipinski definition) is 3. The Kier molecular flexibility index (Phi) is 2.81. The van der Waals surface area contributed by atoms with E-state index in [0.717, 1.165) is 17.4 Å². The highest BCUT2D eigenvalue weighted by Crippen LogP contribution is 2.30. The fraction of sp³-hybridized carbons (Fsp3) is 0.167. The predicted molar refractivity (Wildman–Crippen MR) is 67.6 cm³/mol. The van der Waals surface area contributed by atoms with Gasteiger partial charge in [0.2, 0.25) is 0 Å². The molecule has 0 amide bonds. The molecule has 2 aromatic rings. The van der Waals surface area contributed by atoms with E-state index in [1.54, 1.807) is 18.2 Å². The number of benzene rings is 2. The van der Waals surface area contributed by atoms with Crippen LogP contribution >= 0.6 is 0 Å². The number of nitrogens with two attached hydrogens (primary N) is 1. The maximum absolute atomic E-state index is 11.3. The molecule has 2 rings (SSSR count). The maximum Gasteiger partial charge on any atom is 0.297 e. The van der Waals surface area contributed by atoms with E-state index in [4.69, 9.17) is 5.73 Å². The molecule has 0 spiro atoms. The summed E-state index contributed by atoms with van der Waals surface area (Å²) in [4.78, 5) is -0.203. The smallest absolute Gasteiger partial charge is 0.297 e. The highest BCUT2D eigenvalue weighted by atomic mass is 32.2. The molecule has 0 fully saturated rings. The van der Waals surface area contributed by atoms with Crippen molar-refractivity contribution in [2.24, 2.45) is 0 Å². The van der Waals surface area contributed by atoms with Crippen LogP contribution in [0.1, 0.15) is 12.5 Å². The van der Waals surface area contributed by atoms with E-state index in [-0.39, 0.29) is 10.6 Å². The van der Waals surface area contributed by atoms with E-state index < -0.39 is 10.1 Å². The summed E-state index contributed by atoms with van der Waals surface area (Å²) in [6, 6.07) is 8.61. The van der Waals surface area contributed by atoms with Gasteiger partial charge in [-0.25, -0.2) is 0 Å². The molecule has 0 saturated carbocycles. The maximum atomic E-state index is 11.3. The van der Waals surface area contributed by atoms with Crippen molar-refractivity contribution < 1.29 is 13.0 Å². The first-order valence-electron chi connectivity index (χ1n) is 5.22. The molecule has 0 unspecified atom stereocenters. The minimum absolute atomic E-state index is 0.0632. The zero-order valence-electron chi connectivity index (χ0n) is 9.34. The lowest BCUT2D eigenvalue weighted by Crippen LogP contribution is -2.04. The lowest BCUT2D eigenvalue weighted by Gasteiger charge is -2.09. The van der Waals surface area contributed by atoms with Gasteiger partial charge in [0, 0.05) is 5.39 Å². The molecule has 0 heterocycles. The molecule has 4 nitrogen and oxygen atoms in total. The number of fused-ring (bicyclic) bond motifs is 1. The number of rotatable bonds is 2. The zero-order valence-corrected chi connectivity index (χ0v) is 10.2. The van der Waals surface area contributed by atoms with Gasteiger partial charge in [0.15, 0.2) is 0 Å². The summed E-state index contributed by atoms with van der Waals surface area (Å²) in [7, 11) is -4.31. The molecule has 0 radical (unpaired) electrons. The minimum atomic E-state index is -4.31. The molecule has 0 aromatic heterocycles. The van der Waals surface area contributed by atoms with Gasteiger partial charge < -0.3 is 5.73 Å². The van der Waals surface area contributed by atoms with Crippen molar-refractivity contribution in [3.8, 4) is 0 Å². The average Bonchev–Trinajstić information content (AvgIpc) is 2.25. The zero-order chi connectivity index (χ0) is 12.6. The first-order chi connectivity index (χ1) is 7.95. The summed E-state index contributed by atoms with van der Waals surface area (Å²) in [5.74, 6) is 0. The lowest BCUT2D eigenvalue weighted by atomic mass is 10.0. The van der Waals surface area contributed by atoms with Gasteiger partial charge in [0.25, 0.3) is 10.1 Å². The molecule has 3 N–H and O–H groups in total. The molecule has 0 saturated heterocycles. The van der Waals surface area contributed by atoms with Crippen LogP contribution in [-0.2, 0) is 16.5 Å². The molecule has 0 aliphatic heterocycles. The van der Waals surface area contributed by atoms with E-state index in [0.29, 0.717) is 5.39 Å². The van der Waals surface area contributed by atoms with Crippen LogP contribution in [-0.4, -0.2) is 13.0 Å². The highest BCUT2D eigenvalue weighted by molar-refractivity contribution is 7.86. The molecule has 0 aliphatic carbocycles. The van der Waals surface area contributed by atoms with Crippen LogP contribution in [0.3, 0.4) is 0 Å². The van der Waals surface area contributed by atoms with Gasteiger partial charge in [-0.3, -0.25) is 4.55 Å².